The number of anilines is 2. The molecule has 0 radical (unpaired) electrons. The third-order valence-electron chi connectivity index (χ3n) is 4.88. The maximum absolute atomic E-state index is 5.47. The second kappa shape index (κ2) is 8.82. The van der Waals surface area contributed by atoms with Crippen LogP contribution < -0.4 is 19.7 Å². The molecule has 6 nitrogen and oxygen atoms in total. The SMILES string of the molecule is CCCCN(C)c1nc(NCc2ccc3c(c2)OCO3)cc(-c2ccccc2)n1. The van der Waals surface area contributed by atoms with Gasteiger partial charge in [0, 0.05) is 31.8 Å². The Bertz CT molecular complexity index is 962. The fourth-order valence-electron chi connectivity index (χ4n) is 3.19. The first-order valence-corrected chi connectivity index (χ1v) is 10.0. The van der Waals surface area contributed by atoms with Gasteiger partial charge in [0.05, 0.1) is 5.69 Å². The second-order valence-corrected chi connectivity index (χ2v) is 7.12. The van der Waals surface area contributed by atoms with Gasteiger partial charge in [-0.05, 0) is 24.1 Å². The molecule has 1 N–H and O–H groups in total. The predicted molar refractivity (Wildman–Crippen MR) is 116 cm³/mol. The molecule has 0 atom stereocenters. The van der Waals surface area contributed by atoms with Crippen LogP contribution in [0.25, 0.3) is 11.3 Å². The molecule has 0 saturated heterocycles. The summed E-state index contributed by atoms with van der Waals surface area (Å²) in [6.07, 6.45) is 2.24. The van der Waals surface area contributed by atoms with E-state index in [-0.39, 0.29) is 6.79 Å². The van der Waals surface area contributed by atoms with Gasteiger partial charge in [-0.2, -0.15) is 4.98 Å². The van der Waals surface area contributed by atoms with Gasteiger partial charge in [-0.1, -0.05) is 49.7 Å². The number of nitrogens with zero attached hydrogens (tertiary/aromatic N) is 3. The minimum Gasteiger partial charge on any atom is -0.454 e. The molecule has 0 saturated carbocycles. The van der Waals surface area contributed by atoms with E-state index in [1.165, 1.54) is 0 Å². The van der Waals surface area contributed by atoms with Gasteiger partial charge in [0.1, 0.15) is 5.82 Å². The Morgan fingerprint density at radius 1 is 1.00 bits per heavy atom. The van der Waals surface area contributed by atoms with Gasteiger partial charge >= 0.3 is 0 Å². The van der Waals surface area contributed by atoms with E-state index in [9.17, 15) is 0 Å². The zero-order valence-corrected chi connectivity index (χ0v) is 16.9. The molecule has 2 aromatic carbocycles. The number of aromatic nitrogens is 2. The highest BCUT2D eigenvalue weighted by atomic mass is 16.7. The number of hydrogen-bond donors (Lipinski definition) is 1. The first-order valence-electron chi connectivity index (χ1n) is 10.0. The molecule has 0 bridgehead atoms. The molecule has 0 spiro atoms. The average Bonchev–Trinajstić information content (AvgIpc) is 3.24. The van der Waals surface area contributed by atoms with Crippen LogP contribution in [0.2, 0.25) is 0 Å². The standard InChI is InChI=1S/C23H26N4O2/c1-3-4-12-27(2)23-25-19(18-8-6-5-7-9-18)14-22(26-23)24-15-17-10-11-20-21(13-17)29-16-28-20/h5-11,13-14H,3-4,12,15-16H2,1-2H3,(H,24,25,26). The Hall–Kier alpha value is -3.28. The van der Waals surface area contributed by atoms with Crippen molar-refractivity contribution in [3.63, 3.8) is 0 Å². The van der Waals surface area contributed by atoms with Gasteiger partial charge in [0.2, 0.25) is 12.7 Å². The number of fused-ring (bicyclic) bond motifs is 1. The lowest BCUT2D eigenvalue weighted by Crippen LogP contribution is -2.21. The normalized spacial score (nSPS) is 12.1. The van der Waals surface area contributed by atoms with E-state index in [2.05, 4.69) is 29.3 Å². The maximum atomic E-state index is 5.47. The molecule has 0 fully saturated rings. The van der Waals surface area contributed by atoms with Gasteiger partial charge < -0.3 is 19.7 Å². The first kappa shape index (κ1) is 19.1. The van der Waals surface area contributed by atoms with Crippen molar-refractivity contribution in [3.8, 4) is 22.8 Å². The van der Waals surface area contributed by atoms with Gasteiger partial charge in [0.15, 0.2) is 11.5 Å². The Morgan fingerprint density at radius 3 is 2.66 bits per heavy atom. The van der Waals surface area contributed by atoms with Crippen molar-refractivity contribution in [2.24, 2.45) is 0 Å². The molecule has 0 amide bonds. The van der Waals surface area contributed by atoms with Gasteiger partial charge in [-0.25, -0.2) is 4.98 Å². The summed E-state index contributed by atoms with van der Waals surface area (Å²) in [6, 6.07) is 18.2. The van der Waals surface area contributed by atoms with Gasteiger partial charge in [-0.15, -0.1) is 0 Å². The van der Waals surface area contributed by atoms with Crippen LogP contribution in [0.4, 0.5) is 11.8 Å². The molecule has 1 aliphatic heterocycles. The molecule has 3 aromatic rings. The van der Waals surface area contributed by atoms with E-state index in [1.54, 1.807) is 0 Å². The number of ether oxygens (including phenoxy) is 2. The number of nitrogens with one attached hydrogen (secondary N) is 1. The van der Waals surface area contributed by atoms with Crippen LogP contribution in [0.3, 0.4) is 0 Å². The van der Waals surface area contributed by atoms with Crippen molar-refractivity contribution in [2.75, 3.05) is 30.6 Å². The molecular weight excluding hydrogens is 364 g/mol. The highest BCUT2D eigenvalue weighted by molar-refractivity contribution is 5.64. The molecule has 29 heavy (non-hydrogen) atoms. The van der Waals surface area contributed by atoms with Crippen LogP contribution in [-0.2, 0) is 6.54 Å². The summed E-state index contributed by atoms with van der Waals surface area (Å²) in [7, 11) is 2.04. The van der Waals surface area contributed by atoms with E-state index < -0.39 is 0 Å². The lowest BCUT2D eigenvalue weighted by Gasteiger charge is -2.19. The van der Waals surface area contributed by atoms with Crippen molar-refractivity contribution < 1.29 is 9.47 Å². The van der Waals surface area contributed by atoms with Gasteiger partial charge in [-0.3, -0.25) is 0 Å². The third kappa shape index (κ3) is 4.59. The summed E-state index contributed by atoms with van der Waals surface area (Å²) in [5.74, 6) is 3.11. The third-order valence-corrected chi connectivity index (χ3v) is 4.88. The van der Waals surface area contributed by atoms with Crippen LogP contribution in [0, 0.1) is 0 Å². The topological polar surface area (TPSA) is 59.5 Å². The van der Waals surface area contributed by atoms with Crippen molar-refractivity contribution in [3.05, 3.63) is 60.2 Å². The Morgan fingerprint density at radius 2 is 1.83 bits per heavy atom. The number of unbranched alkanes of at least 4 members (excludes halogenated alkanes) is 1. The zero-order chi connectivity index (χ0) is 20.1. The lowest BCUT2D eigenvalue weighted by atomic mass is 10.1. The smallest absolute Gasteiger partial charge is 0.231 e. The molecule has 0 unspecified atom stereocenters. The summed E-state index contributed by atoms with van der Waals surface area (Å²) in [5.41, 5.74) is 3.09. The van der Waals surface area contributed by atoms with Crippen molar-refractivity contribution in [1.29, 1.82) is 0 Å². The zero-order valence-electron chi connectivity index (χ0n) is 16.9. The molecule has 4 rings (SSSR count). The summed E-state index contributed by atoms with van der Waals surface area (Å²) < 4.78 is 10.9. The van der Waals surface area contributed by atoms with E-state index >= 15 is 0 Å². The first-order chi connectivity index (χ1) is 14.2. The number of rotatable bonds is 8. The summed E-state index contributed by atoms with van der Waals surface area (Å²) in [5, 5.41) is 3.44. The summed E-state index contributed by atoms with van der Waals surface area (Å²) in [6.45, 7) is 4.04. The predicted octanol–water partition coefficient (Wildman–Crippen LogP) is 4.72. The molecule has 0 aliphatic carbocycles. The summed E-state index contributed by atoms with van der Waals surface area (Å²) in [4.78, 5) is 11.7. The van der Waals surface area contributed by atoms with Crippen molar-refractivity contribution in [1.82, 2.24) is 9.97 Å². The largest absolute Gasteiger partial charge is 0.454 e. The molecular formula is C23H26N4O2. The number of benzene rings is 2. The monoisotopic (exact) mass is 390 g/mol. The average molecular weight is 390 g/mol. The fourth-order valence-corrected chi connectivity index (χ4v) is 3.19. The molecule has 150 valence electrons. The molecule has 6 heteroatoms. The molecule has 1 aliphatic rings. The van der Waals surface area contributed by atoms with Crippen LogP contribution in [0.1, 0.15) is 25.3 Å². The van der Waals surface area contributed by atoms with Crippen molar-refractivity contribution in [2.45, 2.75) is 26.3 Å². The van der Waals surface area contributed by atoms with E-state index in [4.69, 9.17) is 19.4 Å². The van der Waals surface area contributed by atoms with E-state index in [1.807, 2.05) is 49.5 Å². The Labute approximate surface area is 171 Å². The number of hydrogen-bond acceptors (Lipinski definition) is 6. The fraction of sp³-hybridized carbons (Fsp3) is 0.304. The summed E-state index contributed by atoms with van der Waals surface area (Å²) >= 11 is 0. The quantitative estimate of drug-likeness (QED) is 0.600. The van der Waals surface area contributed by atoms with Crippen LogP contribution in [-0.4, -0.2) is 30.4 Å². The Balaban J connectivity index is 1.57. The molecule has 2 heterocycles. The van der Waals surface area contributed by atoms with Crippen LogP contribution in [0.15, 0.2) is 54.6 Å². The van der Waals surface area contributed by atoms with Crippen LogP contribution in [0.5, 0.6) is 11.5 Å². The van der Waals surface area contributed by atoms with Gasteiger partial charge in [0.25, 0.3) is 0 Å². The minimum absolute atomic E-state index is 0.284. The van der Waals surface area contributed by atoms with E-state index in [0.29, 0.717) is 6.54 Å². The molecule has 1 aromatic heterocycles. The second-order valence-electron chi connectivity index (χ2n) is 7.12. The van der Waals surface area contributed by atoms with E-state index in [0.717, 1.165) is 59.5 Å². The maximum Gasteiger partial charge on any atom is 0.231 e. The Kier molecular flexibility index (Phi) is 5.79. The minimum atomic E-state index is 0.284. The van der Waals surface area contributed by atoms with Crippen LogP contribution >= 0.6 is 0 Å². The highest BCUT2D eigenvalue weighted by Gasteiger charge is 2.14. The highest BCUT2D eigenvalue weighted by Crippen LogP contribution is 2.32. The lowest BCUT2D eigenvalue weighted by molar-refractivity contribution is 0.174. The van der Waals surface area contributed by atoms with Crippen molar-refractivity contribution >= 4 is 11.8 Å².